The molecule has 3 rings (SSSR count). The molecule has 2 amide bonds. The molecule has 1 saturated heterocycles. The summed E-state index contributed by atoms with van der Waals surface area (Å²) in [4.78, 5) is 38.8. The number of benzene rings is 2. The number of amides is 2. The first kappa shape index (κ1) is 18.6. The third kappa shape index (κ3) is 4.13. The number of carbonyl (C=O) groups excluding carboxylic acids is 2. The molecule has 0 saturated carbocycles. The van der Waals surface area contributed by atoms with Gasteiger partial charge in [0.1, 0.15) is 6.04 Å². The zero-order valence-corrected chi connectivity index (χ0v) is 15.1. The number of piperazine rings is 1. The Morgan fingerprint density at radius 1 is 1.11 bits per heavy atom. The summed E-state index contributed by atoms with van der Waals surface area (Å²) in [6.45, 7) is 2.54. The Labute approximate surface area is 157 Å². The Morgan fingerprint density at radius 3 is 2.41 bits per heavy atom. The molecule has 0 N–H and O–H groups in total. The van der Waals surface area contributed by atoms with E-state index in [1.807, 2.05) is 30.3 Å². The number of hydrogen-bond acceptors (Lipinski definition) is 4. The van der Waals surface area contributed by atoms with Crippen LogP contribution in [0.3, 0.4) is 0 Å². The van der Waals surface area contributed by atoms with Crippen LogP contribution in [0.5, 0.6) is 0 Å². The Kier molecular flexibility index (Phi) is 5.49. The van der Waals surface area contributed by atoms with Crippen LogP contribution in [0.1, 0.15) is 18.9 Å². The molecule has 1 fully saturated rings. The van der Waals surface area contributed by atoms with Crippen molar-refractivity contribution in [2.45, 2.75) is 25.8 Å². The van der Waals surface area contributed by atoms with Crippen molar-refractivity contribution in [3.8, 4) is 0 Å². The number of non-ortho nitro benzene ring substituents is 1. The molecule has 0 spiro atoms. The molecule has 2 aromatic carbocycles. The molecular weight excluding hydrogens is 346 g/mol. The van der Waals surface area contributed by atoms with E-state index in [1.54, 1.807) is 28.9 Å². The van der Waals surface area contributed by atoms with E-state index in [4.69, 9.17) is 0 Å². The summed E-state index contributed by atoms with van der Waals surface area (Å²) in [7, 11) is 0. The fourth-order valence-corrected chi connectivity index (χ4v) is 3.26. The molecule has 7 nitrogen and oxygen atoms in total. The summed E-state index contributed by atoms with van der Waals surface area (Å²) in [5.41, 5.74) is 1.68. The smallest absolute Gasteiger partial charge is 0.269 e. The Hall–Kier alpha value is -3.22. The number of carbonyl (C=O) groups is 2. The van der Waals surface area contributed by atoms with Crippen LogP contribution in [-0.2, 0) is 16.0 Å². The van der Waals surface area contributed by atoms with Crippen LogP contribution in [0.25, 0.3) is 0 Å². The van der Waals surface area contributed by atoms with Gasteiger partial charge in [-0.1, -0.05) is 30.3 Å². The van der Waals surface area contributed by atoms with Gasteiger partial charge in [0.25, 0.3) is 5.69 Å². The van der Waals surface area contributed by atoms with Crippen LogP contribution in [0, 0.1) is 10.1 Å². The van der Waals surface area contributed by atoms with E-state index >= 15 is 0 Å². The van der Waals surface area contributed by atoms with Gasteiger partial charge in [-0.3, -0.25) is 19.7 Å². The van der Waals surface area contributed by atoms with Crippen molar-refractivity contribution in [3.05, 3.63) is 70.3 Å². The minimum Gasteiger partial charge on any atom is -0.329 e. The van der Waals surface area contributed by atoms with E-state index in [2.05, 4.69) is 0 Å². The van der Waals surface area contributed by atoms with Gasteiger partial charge < -0.3 is 9.80 Å². The van der Waals surface area contributed by atoms with Gasteiger partial charge in [-0.05, 0) is 31.0 Å². The van der Waals surface area contributed by atoms with Gasteiger partial charge in [-0.2, -0.15) is 0 Å². The van der Waals surface area contributed by atoms with Gasteiger partial charge in [0.2, 0.25) is 11.8 Å². The van der Waals surface area contributed by atoms with E-state index in [0.29, 0.717) is 31.6 Å². The highest BCUT2D eigenvalue weighted by Gasteiger charge is 2.34. The molecule has 0 aromatic heterocycles. The minimum atomic E-state index is -0.558. The van der Waals surface area contributed by atoms with Crippen molar-refractivity contribution < 1.29 is 14.5 Å². The third-order valence-electron chi connectivity index (χ3n) is 4.82. The predicted molar refractivity (Wildman–Crippen MR) is 101 cm³/mol. The van der Waals surface area contributed by atoms with Gasteiger partial charge in [0, 0.05) is 37.3 Å². The average Bonchev–Trinajstić information content (AvgIpc) is 2.69. The lowest BCUT2D eigenvalue weighted by Gasteiger charge is -2.39. The molecule has 1 unspecified atom stereocenters. The number of aryl methyl sites for hydroxylation is 1. The molecule has 0 aliphatic carbocycles. The van der Waals surface area contributed by atoms with Crippen molar-refractivity contribution in [2.75, 3.05) is 18.0 Å². The summed E-state index contributed by atoms with van der Waals surface area (Å²) in [6.07, 6.45) is 1.00. The molecule has 0 bridgehead atoms. The van der Waals surface area contributed by atoms with Crippen molar-refractivity contribution in [2.24, 2.45) is 0 Å². The highest BCUT2D eigenvalue weighted by atomic mass is 16.6. The largest absolute Gasteiger partial charge is 0.329 e. The highest BCUT2D eigenvalue weighted by Crippen LogP contribution is 2.23. The first-order valence-corrected chi connectivity index (χ1v) is 8.86. The van der Waals surface area contributed by atoms with Gasteiger partial charge in [0.05, 0.1) is 4.92 Å². The molecule has 1 aliphatic heterocycles. The second-order valence-electron chi connectivity index (χ2n) is 6.51. The highest BCUT2D eigenvalue weighted by molar-refractivity contribution is 6.00. The second-order valence-corrected chi connectivity index (χ2v) is 6.51. The topological polar surface area (TPSA) is 83.8 Å². The van der Waals surface area contributed by atoms with E-state index in [1.165, 1.54) is 12.1 Å². The number of nitro benzene ring substituents is 1. The fourth-order valence-electron chi connectivity index (χ4n) is 3.26. The molecule has 2 aromatic rings. The Balaban J connectivity index is 1.63. The van der Waals surface area contributed by atoms with Crippen LogP contribution in [-0.4, -0.2) is 40.8 Å². The lowest BCUT2D eigenvalue weighted by Crippen LogP contribution is -2.57. The fraction of sp³-hybridized carbons (Fsp3) is 0.300. The van der Waals surface area contributed by atoms with Gasteiger partial charge in [0.15, 0.2) is 0 Å². The number of nitro groups is 1. The summed E-state index contributed by atoms with van der Waals surface area (Å²) in [6, 6.07) is 15.1. The molecule has 0 radical (unpaired) electrons. The van der Waals surface area contributed by atoms with Crippen molar-refractivity contribution >= 4 is 23.2 Å². The van der Waals surface area contributed by atoms with Gasteiger partial charge in [-0.15, -0.1) is 0 Å². The number of hydrogen-bond donors (Lipinski definition) is 0. The summed E-state index contributed by atoms with van der Waals surface area (Å²) >= 11 is 0. The van der Waals surface area contributed by atoms with Crippen LogP contribution >= 0.6 is 0 Å². The lowest BCUT2D eigenvalue weighted by atomic mass is 10.1. The van der Waals surface area contributed by atoms with Crippen LogP contribution in [0.15, 0.2) is 54.6 Å². The van der Waals surface area contributed by atoms with E-state index in [0.717, 1.165) is 5.56 Å². The summed E-state index contributed by atoms with van der Waals surface area (Å²) in [5, 5.41) is 10.8. The van der Waals surface area contributed by atoms with Crippen molar-refractivity contribution in [1.29, 1.82) is 0 Å². The Bertz CT molecular complexity index is 836. The first-order valence-electron chi connectivity index (χ1n) is 8.86. The lowest BCUT2D eigenvalue weighted by molar-refractivity contribution is -0.384. The first-order chi connectivity index (χ1) is 13.0. The van der Waals surface area contributed by atoms with Crippen molar-refractivity contribution in [1.82, 2.24) is 4.90 Å². The monoisotopic (exact) mass is 367 g/mol. The zero-order valence-electron chi connectivity index (χ0n) is 15.1. The molecule has 27 heavy (non-hydrogen) atoms. The summed E-state index contributed by atoms with van der Waals surface area (Å²) < 4.78 is 0. The Morgan fingerprint density at radius 2 is 1.78 bits per heavy atom. The van der Waals surface area contributed by atoms with E-state index < -0.39 is 11.0 Å². The SMILES string of the molecule is CC1C(=O)N(c2ccc([N+](=O)[O-])cc2)CCN1C(=O)CCc1ccccc1. The number of rotatable bonds is 5. The maximum Gasteiger partial charge on any atom is 0.269 e. The standard InChI is InChI=1S/C20H21N3O4/c1-15-20(25)22(17-8-10-18(11-9-17)23(26)27)14-13-21(15)19(24)12-7-16-5-3-2-4-6-16/h2-6,8-11,15H,7,12-14H2,1H3. The normalized spacial score (nSPS) is 17.1. The third-order valence-corrected chi connectivity index (χ3v) is 4.82. The molecule has 1 aliphatic rings. The van der Waals surface area contributed by atoms with E-state index in [9.17, 15) is 19.7 Å². The average molecular weight is 367 g/mol. The van der Waals surface area contributed by atoms with Gasteiger partial charge >= 0.3 is 0 Å². The van der Waals surface area contributed by atoms with Crippen LogP contribution < -0.4 is 4.90 Å². The van der Waals surface area contributed by atoms with Crippen molar-refractivity contribution in [3.63, 3.8) is 0 Å². The maximum atomic E-state index is 12.7. The second kappa shape index (κ2) is 7.99. The maximum absolute atomic E-state index is 12.7. The summed E-state index contributed by atoms with van der Waals surface area (Å²) in [5.74, 6) is -0.216. The molecule has 7 heteroatoms. The predicted octanol–water partition coefficient (Wildman–Crippen LogP) is 2.79. The quantitative estimate of drug-likeness (QED) is 0.601. The number of anilines is 1. The van der Waals surface area contributed by atoms with Crippen LogP contribution in [0.2, 0.25) is 0 Å². The molecule has 1 atom stereocenters. The molecular formula is C20H21N3O4. The van der Waals surface area contributed by atoms with E-state index in [-0.39, 0.29) is 17.5 Å². The van der Waals surface area contributed by atoms with Gasteiger partial charge in [-0.25, -0.2) is 0 Å². The minimum absolute atomic E-state index is 0.0195. The molecule has 140 valence electrons. The number of nitrogens with zero attached hydrogens (tertiary/aromatic N) is 3. The zero-order chi connectivity index (χ0) is 19.4. The molecule has 1 heterocycles. The van der Waals surface area contributed by atoms with Crippen LogP contribution in [0.4, 0.5) is 11.4 Å².